The third kappa shape index (κ3) is 17.1. The summed E-state index contributed by atoms with van der Waals surface area (Å²) in [7, 11) is 0. The Balaban J connectivity index is 0.706. The van der Waals surface area contributed by atoms with Gasteiger partial charge in [-0.2, -0.15) is 15.0 Å². The van der Waals surface area contributed by atoms with E-state index in [4.69, 9.17) is 19.9 Å². The summed E-state index contributed by atoms with van der Waals surface area (Å²) in [4.78, 5) is 128. The Hall–Kier alpha value is -11.4. The molecule has 6 aromatic heterocycles. The lowest BCUT2D eigenvalue weighted by Gasteiger charge is -2.17. The second-order valence-electron chi connectivity index (χ2n) is 24.0. The van der Waals surface area contributed by atoms with Crippen LogP contribution in [0.5, 0.6) is 0 Å². The van der Waals surface area contributed by atoms with Crippen LogP contribution in [0.3, 0.4) is 0 Å². The number of hydrogen-bond acceptors (Lipinski definition) is 24. The van der Waals surface area contributed by atoms with E-state index in [2.05, 4.69) is 79.3 Å². The standard InChI is InChI=1S/C69H71N21O6S3/c1-8-55(91)88-27-23-47(35-88)77-65-74-44(30-53(80-65)83-68-72-33-50(98-68)62(95)86-59-40(4)14-10-15-41(59)5)19-21-57(93)90-29-25-48(37-90)78-66-75-45(31-54(81-66)84-69-73-34-51(99-69)63(96)87-60-42(6)16-11-17-43(60)7)18-20-56(92)89-28-24-46(36-89)76-64-70-26-22-52(79-64)82-67-71-32-49(97-67)61(94)85-58-38(2)12-9-13-39(58)3/h8-22,26,30-34,46-48H,1,23-25,27-29,35-37H2,2-7H3,(H,85,94)(H,86,95)(H,87,96)(H2,70,71,76,79,82)(H2,72,74,77,80,83)(H2,73,75,78,81,84)/b20-18+,21-19+/t46-,47-,48+/m0/s1. The Morgan fingerprint density at radius 1 is 0.444 bits per heavy atom. The first kappa shape index (κ1) is 67.6. The van der Waals surface area contributed by atoms with Crippen LogP contribution in [0, 0.1) is 41.5 Å². The number of nitrogens with zero attached hydrogens (tertiary/aromatic N) is 12. The largest absolute Gasteiger partial charge is 0.350 e. The maximum absolute atomic E-state index is 14.0. The molecular weight excluding hydrogens is 1320 g/mol. The molecule has 12 rings (SSSR count). The molecule has 99 heavy (non-hydrogen) atoms. The molecule has 9 N–H and O–H groups in total. The van der Waals surface area contributed by atoms with Gasteiger partial charge >= 0.3 is 0 Å². The number of aryl methyl sites for hydroxylation is 6. The highest BCUT2D eigenvalue weighted by Crippen LogP contribution is 2.31. The lowest BCUT2D eigenvalue weighted by Crippen LogP contribution is -2.31. The number of benzene rings is 3. The number of carbonyl (C=O) groups is 6. The molecular formula is C69H71N21O6S3. The van der Waals surface area contributed by atoms with Crippen LogP contribution in [-0.4, -0.2) is 152 Å². The number of rotatable bonds is 23. The highest BCUT2D eigenvalue weighted by molar-refractivity contribution is 7.18. The summed E-state index contributed by atoms with van der Waals surface area (Å²) < 4.78 is 0. The minimum absolute atomic E-state index is 0.159. The molecule has 3 aromatic carbocycles. The molecule has 506 valence electrons. The van der Waals surface area contributed by atoms with E-state index in [-0.39, 0.29) is 65.5 Å². The number of likely N-dealkylation sites (tertiary alicyclic amines) is 3. The van der Waals surface area contributed by atoms with Crippen LogP contribution in [0.15, 0.2) is 122 Å². The molecule has 9 aromatic rings. The molecule has 0 bridgehead atoms. The Morgan fingerprint density at radius 2 is 0.788 bits per heavy atom. The van der Waals surface area contributed by atoms with Crippen molar-refractivity contribution in [2.75, 3.05) is 87.1 Å². The van der Waals surface area contributed by atoms with Crippen LogP contribution < -0.4 is 47.9 Å². The van der Waals surface area contributed by atoms with Gasteiger partial charge in [-0.25, -0.2) is 29.9 Å². The summed E-state index contributed by atoms with van der Waals surface area (Å²) in [6.07, 6.45) is 15.4. The molecule has 3 aliphatic heterocycles. The van der Waals surface area contributed by atoms with Gasteiger partial charge in [0.15, 0.2) is 15.4 Å². The summed E-state index contributed by atoms with van der Waals surface area (Å²) in [6.45, 7) is 17.7. The molecule has 0 aliphatic carbocycles. The molecule has 9 heterocycles. The smallest absolute Gasteiger partial charge is 0.267 e. The van der Waals surface area contributed by atoms with Crippen LogP contribution in [0.2, 0.25) is 0 Å². The molecule has 3 fully saturated rings. The molecule has 0 spiro atoms. The minimum Gasteiger partial charge on any atom is -0.350 e. The van der Waals surface area contributed by atoms with Crippen LogP contribution in [0.25, 0.3) is 12.2 Å². The molecule has 3 saturated heterocycles. The predicted molar refractivity (Wildman–Crippen MR) is 388 cm³/mol. The maximum Gasteiger partial charge on any atom is 0.267 e. The van der Waals surface area contributed by atoms with Crippen molar-refractivity contribution in [2.24, 2.45) is 0 Å². The fourth-order valence-electron chi connectivity index (χ4n) is 11.5. The van der Waals surface area contributed by atoms with E-state index in [0.29, 0.717) is 123 Å². The van der Waals surface area contributed by atoms with Crippen molar-refractivity contribution in [2.45, 2.75) is 78.9 Å². The van der Waals surface area contributed by atoms with Gasteiger partial charge in [-0.05, 0) is 118 Å². The van der Waals surface area contributed by atoms with Gasteiger partial charge in [-0.15, -0.1) is 0 Å². The van der Waals surface area contributed by atoms with Crippen LogP contribution in [-0.2, 0) is 14.4 Å². The molecule has 0 unspecified atom stereocenters. The van der Waals surface area contributed by atoms with Gasteiger partial charge in [0.2, 0.25) is 35.6 Å². The number of hydrogen-bond donors (Lipinski definition) is 9. The fraction of sp³-hybridized carbons (Fsp3) is 0.261. The van der Waals surface area contributed by atoms with Gasteiger partial charge in [0.1, 0.15) is 32.1 Å². The van der Waals surface area contributed by atoms with Crippen LogP contribution >= 0.6 is 34.0 Å². The maximum atomic E-state index is 14.0. The van der Waals surface area contributed by atoms with E-state index in [0.717, 1.165) is 73.1 Å². The first-order valence-electron chi connectivity index (χ1n) is 31.9. The Morgan fingerprint density at radius 3 is 1.16 bits per heavy atom. The molecule has 27 nitrogen and oxygen atoms in total. The number of aromatic nitrogens is 9. The zero-order valence-corrected chi connectivity index (χ0v) is 57.4. The van der Waals surface area contributed by atoms with Gasteiger partial charge < -0.3 is 62.6 Å². The van der Waals surface area contributed by atoms with Gasteiger partial charge in [0.05, 0.1) is 30.0 Å². The van der Waals surface area contributed by atoms with E-state index in [1.54, 1.807) is 51.2 Å². The first-order valence-corrected chi connectivity index (χ1v) is 34.3. The second kappa shape index (κ2) is 30.4. The van der Waals surface area contributed by atoms with E-state index in [1.165, 1.54) is 48.2 Å². The molecule has 0 saturated carbocycles. The van der Waals surface area contributed by atoms with E-state index in [1.807, 2.05) is 96.1 Å². The van der Waals surface area contributed by atoms with Crippen molar-refractivity contribution in [3.63, 3.8) is 0 Å². The first-order chi connectivity index (χ1) is 47.8. The number of thiazole rings is 3. The number of anilines is 12. The molecule has 0 radical (unpaired) electrons. The summed E-state index contributed by atoms with van der Waals surface area (Å²) in [5.41, 5.74) is 8.68. The summed E-state index contributed by atoms with van der Waals surface area (Å²) in [5, 5.41) is 30.0. The fourth-order valence-corrected chi connectivity index (χ4v) is 13.6. The normalized spacial score (nSPS) is 15.9. The molecule has 3 aliphatic rings. The predicted octanol–water partition coefficient (Wildman–Crippen LogP) is 10.9. The van der Waals surface area contributed by atoms with Gasteiger partial charge in [-0.1, -0.05) is 95.2 Å². The van der Waals surface area contributed by atoms with Gasteiger partial charge in [0, 0.05) is 105 Å². The highest BCUT2D eigenvalue weighted by atomic mass is 32.1. The van der Waals surface area contributed by atoms with Crippen molar-refractivity contribution < 1.29 is 28.8 Å². The van der Waals surface area contributed by atoms with E-state index >= 15 is 0 Å². The molecule has 3 atom stereocenters. The lowest BCUT2D eigenvalue weighted by atomic mass is 10.1. The summed E-state index contributed by atoms with van der Waals surface area (Å²) in [5.74, 6) is 0.418. The molecule has 30 heteroatoms. The van der Waals surface area contributed by atoms with Crippen molar-refractivity contribution in [1.29, 1.82) is 0 Å². The zero-order chi connectivity index (χ0) is 69.3. The second-order valence-corrected chi connectivity index (χ2v) is 27.1. The third-order valence-electron chi connectivity index (χ3n) is 16.7. The average Bonchev–Trinajstić information content (AvgIpc) is 1.86. The highest BCUT2D eigenvalue weighted by Gasteiger charge is 2.30. The Kier molecular flexibility index (Phi) is 20.7. The van der Waals surface area contributed by atoms with E-state index in [9.17, 15) is 28.8 Å². The summed E-state index contributed by atoms with van der Waals surface area (Å²) >= 11 is 3.50. The van der Waals surface area contributed by atoms with Gasteiger partial charge in [0.25, 0.3) is 17.7 Å². The van der Waals surface area contributed by atoms with E-state index < -0.39 is 0 Å². The monoisotopic (exact) mass is 1390 g/mol. The number of nitrogens with one attached hydrogen (secondary N) is 9. The van der Waals surface area contributed by atoms with Crippen LogP contribution in [0.1, 0.15) is 93.0 Å². The van der Waals surface area contributed by atoms with Gasteiger partial charge in [-0.3, -0.25) is 28.8 Å². The van der Waals surface area contributed by atoms with Crippen LogP contribution in [0.4, 0.5) is 67.8 Å². The number of amides is 6. The van der Waals surface area contributed by atoms with Crippen molar-refractivity contribution in [1.82, 2.24) is 59.6 Å². The van der Waals surface area contributed by atoms with Crippen molar-refractivity contribution in [3.05, 3.63) is 182 Å². The quantitative estimate of drug-likeness (QED) is 0.0269. The topological polar surface area (TPSA) is 336 Å². The average molecular weight is 1390 g/mol. The molecule has 6 amide bonds. The summed E-state index contributed by atoms with van der Waals surface area (Å²) in [6, 6.07) is 21.9. The SMILES string of the molecule is C=CC(=O)N1CC[C@H](Nc2nc(/C=C/C(=O)N3CC[C@@H](Nc4nc(/C=C/C(=O)N5CC[C@H](Nc6nccc(Nc7ncc(C(=O)Nc8c(C)cccc8C)s7)n6)C5)cc(Nc5ncc(C(=O)Nc6c(C)cccc6C)s5)n4)C3)cc(Nc3ncc(C(=O)Nc4c(C)cccc4C)s3)n2)C1. The van der Waals surface area contributed by atoms with Crippen molar-refractivity contribution >= 4 is 149 Å². The number of carbonyl (C=O) groups excluding carboxylic acids is 6. The zero-order valence-electron chi connectivity index (χ0n) is 55.0. The minimum atomic E-state index is -0.314. The Labute approximate surface area is 582 Å². The third-order valence-corrected chi connectivity index (χ3v) is 19.4. The van der Waals surface area contributed by atoms with Crippen molar-refractivity contribution in [3.8, 4) is 0 Å². The number of para-hydroxylation sites is 3. The lowest BCUT2D eigenvalue weighted by molar-refractivity contribution is -0.125. The Bertz CT molecular complexity index is 4580.